The Morgan fingerprint density at radius 2 is 1.74 bits per heavy atom. The standard InChI is InChI=1S/C20H36N4O3/c1-13(2)11-16-19(26)24(10-7-22-16)17(12-14(3)4)20(27)23-8-5-15(6-9-23)18(21)25/h13-17,22H,5-12H2,1-4H3,(H2,21,25). The Balaban J connectivity index is 2.11. The van der Waals surface area contributed by atoms with E-state index >= 15 is 0 Å². The molecule has 2 aliphatic rings. The molecule has 27 heavy (non-hydrogen) atoms. The highest BCUT2D eigenvalue weighted by atomic mass is 16.2. The first-order chi connectivity index (χ1) is 12.7. The Kier molecular flexibility index (Phi) is 7.65. The zero-order valence-electron chi connectivity index (χ0n) is 17.2. The fourth-order valence-corrected chi connectivity index (χ4v) is 4.12. The van der Waals surface area contributed by atoms with Gasteiger partial charge >= 0.3 is 0 Å². The number of likely N-dealkylation sites (tertiary alicyclic amines) is 1. The molecule has 0 spiro atoms. The number of piperidine rings is 1. The van der Waals surface area contributed by atoms with E-state index in [1.54, 1.807) is 4.90 Å². The van der Waals surface area contributed by atoms with Gasteiger partial charge in [-0.05, 0) is 37.5 Å². The SMILES string of the molecule is CC(C)CC1NCCN(C(CC(C)C)C(=O)N2CCC(C(N)=O)CC2)C1=O. The molecule has 2 unspecified atom stereocenters. The molecule has 2 rings (SSSR count). The Bertz CT molecular complexity index is 541. The first-order valence-corrected chi connectivity index (χ1v) is 10.3. The Morgan fingerprint density at radius 1 is 1.11 bits per heavy atom. The van der Waals surface area contributed by atoms with Crippen molar-refractivity contribution in [2.75, 3.05) is 26.2 Å². The van der Waals surface area contributed by atoms with E-state index in [-0.39, 0.29) is 29.7 Å². The molecule has 0 aliphatic carbocycles. The van der Waals surface area contributed by atoms with Crippen molar-refractivity contribution in [2.24, 2.45) is 23.5 Å². The van der Waals surface area contributed by atoms with E-state index in [9.17, 15) is 14.4 Å². The van der Waals surface area contributed by atoms with Gasteiger partial charge in [0.15, 0.2) is 0 Å². The smallest absolute Gasteiger partial charge is 0.245 e. The topological polar surface area (TPSA) is 95.7 Å². The lowest BCUT2D eigenvalue weighted by molar-refractivity contribution is -0.150. The first-order valence-electron chi connectivity index (χ1n) is 10.3. The molecule has 0 aromatic rings. The minimum Gasteiger partial charge on any atom is -0.369 e. The maximum absolute atomic E-state index is 13.3. The highest BCUT2D eigenvalue weighted by molar-refractivity contribution is 5.90. The predicted octanol–water partition coefficient (Wildman–Crippen LogP) is 0.972. The number of piperazine rings is 1. The molecule has 2 atom stereocenters. The lowest BCUT2D eigenvalue weighted by Gasteiger charge is -2.42. The average Bonchev–Trinajstić information content (AvgIpc) is 2.60. The number of hydrogen-bond donors (Lipinski definition) is 2. The lowest BCUT2D eigenvalue weighted by Crippen LogP contribution is -2.62. The van der Waals surface area contributed by atoms with Gasteiger partial charge in [-0.3, -0.25) is 14.4 Å². The second-order valence-electron chi connectivity index (χ2n) is 8.82. The number of carbonyl (C=O) groups excluding carboxylic acids is 3. The Morgan fingerprint density at radius 3 is 2.26 bits per heavy atom. The molecular formula is C20H36N4O3. The van der Waals surface area contributed by atoms with Crippen molar-refractivity contribution in [3.63, 3.8) is 0 Å². The van der Waals surface area contributed by atoms with Gasteiger partial charge in [-0.2, -0.15) is 0 Å². The molecule has 0 radical (unpaired) electrons. The van der Waals surface area contributed by atoms with Crippen molar-refractivity contribution >= 4 is 17.7 Å². The third-order valence-electron chi connectivity index (χ3n) is 5.60. The van der Waals surface area contributed by atoms with E-state index in [0.29, 0.717) is 50.7 Å². The number of nitrogens with two attached hydrogens (primary N) is 1. The molecule has 3 amide bonds. The molecule has 7 nitrogen and oxygen atoms in total. The van der Waals surface area contributed by atoms with E-state index in [1.807, 2.05) is 4.90 Å². The number of hydrogen-bond acceptors (Lipinski definition) is 4. The number of primary amides is 1. The van der Waals surface area contributed by atoms with Crippen molar-refractivity contribution in [3.05, 3.63) is 0 Å². The van der Waals surface area contributed by atoms with E-state index in [1.165, 1.54) is 0 Å². The summed E-state index contributed by atoms with van der Waals surface area (Å²) in [5, 5.41) is 3.31. The molecule has 0 aromatic carbocycles. The zero-order chi connectivity index (χ0) is 20.1. The summed E-state index contributed by atoms with van der Waals surface area (Å²) in [7, 11) is 0. The van der Waals surface area contributed by atoms with Gasteiger partial charge in [-0.1, -0.05) is 27.7 Å². The summed E-state index contributed by atoms with van der Waals surface area (Å²) in [6.45, 7) is 10.7. The number of nitrogens with one attached hydrogen (secondary N) is 1. The molecular weight excluding hydrogens is 344 g/mol. The van der Waals surface area contributed by atoms with Crippen molar-refractivity contribution in [2.45, 2.75) is 65.5 Å². The van der Waals surface area contributed by atoms with Gasteiger partial charge in [0.25, 0.3) is 0 Å². The number of rotatable bonds is 7. The normalized spacial score (nSPS) is 23.2. The molecule has 0 aromatic heterocycles. The van der Waals surface area contributed by atoms with Crippen LogP contribution in [0.4, 0.5) is 0 Å². The molecule has 0 bridgehead atoms. The fraction of sp³-hybridized carbons (Fsp3) is 0.850. The molecule has 154 valence electrons. The van der Waals surface area contributed by atoms with Crippen LogP contribution in [0.15, 0.2) is 0 Å². The van der Waals surface area contributed by atoms with Crippen LogP contribution < -0.4 is 11.1 Å². The summed E-state index contributed by atoms with van der Waals surface area (Å²) in [6.07, 6.45) is 2.67. The van der Waals surface area contributed by atoms with E-state index in [0.717, 1.165) is 13.0 Å². The van der Waals surface area contributed by atoms with Crippen LogP contribution in [0.2, 0.25) is 0 Å². The van der Waals surface area contributed by atoms with Crippen LogP contribution in [0.25, 0.3) is 0 Å². The summed E-state index contributed by atoms with van der Waals surface area (Å²) in [4.78, 5) is 41.3. The van der Waals surface area contributed by atoms with Crippen molar-refractivity contribution < 1.29 is 14.4 Å². The van der Waals surface area contributed by atoms with Gasteiger partial charge in [0.05, 0.1) is 6.04 Å². The summed E-state index contributed by atoms with van der Waals surface area (Å²) in [6, 6.07) is -0.624. The molecule has 2 heterocycles. The molecule has 2 aliphatic heterocycles. The first kappa shape index (κ1) is 21.7. The monoisotopic (exact) mass is 380 g/mol. The maximum atomic E-state index is 13.3. The molecule has 3 N–H and O–H groups in total. The van der Waals surface area contributed by atoms with Crippen molar-refractivity contribution in [3.8, 4) is 0 Å². The minimum atomic E-state index is -0.417. The van der Waals surface area contributed by atoms with Crippen LogP contribution in [-0.4, -0.2) is 65.8 Å². The second kappa shape index (κ2) is 9.53. The summed E-state index contributed by atoms with van der Waals surface area (Å²) in [5.74, 6) is 0.362. The fourth-order valence-electron chi connectivity index (χ4n) is 4.12. The van der Waals surface area contributed by atoms with Crippen molar-refractivity contribution in [1.82, 2.24) is 15.1 Å². The van der Waals surface area contributed by atoms with Gasteiger partial charge in [0.1, 0.15) is 6.04 Å². The highest BCUT2D eigenvalue weighted by Gasteiger charge is 2.39. The molecule has 2 fully saturated rings. The Labute approximate surface area is 163 Å². The van der Waals surface area contributed by atoms with Crippen molar-refractivity contribution in [1.29, 1.82) is 0 Å². The Hall–Kier alpha value is -1.63. The summed E-state index contributed by atoms with van der Waals surface area (Å²) >= 11 is 0. The third-order valence-corrected chi connectivity index (χ3v) is 5.60. The van der Waals surface area contributed by atoms with Crippen LogP contribution in [0.3, 0.4) is 0 Å². The van der Waals surface area contributed by atoms with Crippen LogP contribution in [-0.2, 0) is 14.4 Å². The van der Waals surface area contributed by atoms with Crippen LogP contribution in [0.1, 0.15) is 53.4 Å². The van der Waals surface area contributed by atoms with Crippen LogP contribution in [0, 0.1) is 17.8 Å². The summed E-state index contributed by atoms with van der Waals surface area (Å²) < 4.78 is 0. The van der Waals surface area contributed by atoms with Gasteiger partial charge < -0.3 is 20.9 Å². The van der Waals surface area contributed by atoms with E-state index in [2.05, 4.69) is 33.0 Å². The predicted molar refractivity (Wildman–Crippen MR) is 105 cm³/mol. The quantitative estimate of drug-likeness (QED) is 0.688. The highest BCUT2D eigenvalue weighted by Crippen LogP contribution is 2.23. The van der Waals surface area contributed by atoms with Gasteiger partial charge in [-0.15, -0.1) is 0 Å². The van der Waals surface area contributed by atoms with Crippen LogP contribution >= 0.6 is 0 Å². The molecule has 7 heteroatoms. The number of carbonyl (C=O) groups is 3. The van der Waals surface area contributed by atoms with E-state index < -0.39 is 6.04 Å². The zero-order valence-corrected chi connectivity index (χ0v) is 17.2. The average molecular weight is 381 g/mol. The number of nitrogens with zero attached hydrogens (tertiary/aromatic N) is 2. The summed E-state index contributed by atoms with van der Waals surface area (Å²) in [5.41, 5.74) is 5.40. The third kappa shape index (κ3) is 5.67. The largest absolute Gasteiger partial charge is 0.369 e. The minimum absolute atomic E-state index is 0.0187. The molecule has 0 saturated carbocycles. The van der Waals surface area contributed by atoms with Gasteiger partial charge in [0.2, 0.25) is 17.7 Å². The second-order valence-corrected chi connectivity index (χ2v) is 8.82. The van der Waals surface area contributed by atoms with E-state index in [4.69, 9.17) is 5.73 Å². The van der Waals surface area contributed by atoms with Gasteiger partial charge in [0, 0.05) is 32.1 Å². The lowest BCUT2D eigenvalue weighted by atomic mass is 9.93. The number of amides is 3. The van der Waals surface area contributed by atoms with Gasteiger partial charge in [-0.25, -0.2) is 0 Å². The van der Waals surface area contributed by atoms with Crippen LogP contribution in [0.5, 0.6) is 0 Å². The molecule has 2 saturated heterocycles. The maximum Gasteiger partial charge on any atom is 0.245 e.